The lowest BCUT2D eigenvalue weighted by Crippen LogP contribution is -2.03. The molecule has 1 N–H and O–H groups in total. The van der Waals surface area contributed by atoms with Crippen molar-refractivity contribution in [3.8, 4) is 11.6 Å². The van der Waals surface area contributed by atoms with Gasteiger partial charge in [-0.1, -0.05) is 15.9 Å². The fourth-order valence-electron chi connectivity index (χ4n) is 2.31. The van der Waals surface area contributed by atoms with Gasteiger partial charge >= 0.3 is 0 Å². The van der Waals surface area contributed by atoms with Crippen molar-refractivity contribution in [2.75, 3.05) is 5.32 Å². The molecule has 4 aromatic rings. The third-order valence-corrected chi connectivity index (χ3v) is 3.87. The van der Waals surface area contributed by atoms with Crippen molar-refractivity contribution >= 4 is 33.2 Å². The van der Waals surface area contributed by atoms with Crippen LogP contribution < -0.4 is 5.32 Å². The third kappa shape index (κ3) is 2.65. The Morgan fingerprint density at radius 2 is 2.08 bits per heavy atom. The summed E-state index contributed by atoms with van der Waals surface area (Å²) in [6.45, 7) is 1.84. The molecule has 0 amide bonds. The van der Waals surface area contributed by atoms with E-state index in [1.54, 1.807) is 36.6 Å². The molecule has 0 radical (unpaired) electrons. The Hall–Kier alpha value is -2.74. The van der Waals surface area contributed by atoms with E-state index in [0.717, 1.165) is 5.69 Å². The Morgan fingerprint density at radius 3 is 2.83 bits per heavy atom. The normalized spacial score (nSPS) is 11.1. The molecular weight excluding hydrogens is 377 g/mol. The van der Waals surface area contributed by atoms with E-state index < -0.39 is 0 Å². The van der Waals surface area contributed by atoms with Crippen LogP contribution in [-0.4, -0.2) is 19.6 Å². The molecule has 0 bridgehead atoms. The molecular formula is C16H11BrFN5O. The molecule has 8 heteroatoms. The number of hydrogen-bond acceptors (Lipinski definition) is 5. The van der Waals surface area contributed by atoms with Crippen LogP contribution in [0.15, 0.2) is 51.6 Å². The number of hydrogen-bond donors (Lipinski definition) is 1. The van der Waals surface area contributed by atoms with Crippen LogP contribution in [0.1, 0.15) is 5.69 Å². The molecule has 0 saturated carbocycles. The molecule has 120 valence electrons. The number of halogens is 2. The number of aryl methyl sites for hydroxylation is 1. The number of fused-ring (bicyclic) bond motifs is 1. The van der Waals surface area contributed by atoms with Crippen LogP contribution >= 0.6 is 15.9 Å². The van der Waals surface area contributed by atoms with E-state index in [1.165, 1.54) is 10.6 Å². The first-order valence-corrected chi connectivity index (χ1v) is 7.90. The van der Waals surface area contributed by atoms with Gasteiger partial charge in [0.05, 0.1) is 12.0 Å². The zero-order chi connectivity index (χ0) is 16.7. The number of aromatic nitrogens is 4. The predicted molar refractivity (Wildman–Crippen MR) is 90.6 cm³/mol. The van der Waals surface area contributed by atoms with Crippen LogP contribution in [0.5, 0.6) is 0 Å². The Balaban J connectivity index is 1.82. The molecule has 0 aliphatic heterocycles. The molecule has 0 aliphatic carbocycles. The van der Waals surface area contributed by atoms with Crippen molar-refractivity contribution in [3.05, 3.63) is 58.6 Å². The quantitative estimate of drug-likeness (QED) is 0.566. The van der Waals surface area contributed by atoms with Crippen LogP contribution in [0.2, 0.25) is 0 Å². The summed E-state index contributed by atoms with van der Waals surface area (Å²) >= 11 is 3.24. The fraction of sp³-hybridized carbons (Fsp3) is 0.0625. The summed E-state index contributed by atoms with van der Waals surface area (Å²) in [4.78, 5) is 8.71. The molecule has 6 nitrogen and oxygen atoms in total. The van der Waals surface area contributed by atoms with Crippen molar-refractivity contribution in [1.82, 2.24) is 19.6 Å². The van der Waals surface area contributed by atoms with Gasteiger partial charge in [0.1, 0.15) is 11.6 Å². The minimum Gasteiger partial charge on any atom is -0.461 e. The summed E-state index contributed by atoms with van der Waals surface area (Å²) in [6.07, 6.45) is 1.55. The molecule has 24 heavy (non-hydrogen) atoms. The first-order valence-electron chi connectivity index (χ1n) is 7.10. The zero-order valence-electron chi connectivity index (χ0n) is 12.5. The number of rotatable bonds is 3. The van der Waals surface area contributed by atoms with E-state index >= 15 is 0 Å². The smallest absolute Gasteiger partial charge is 0.255 e. The summed E-state index contributed by atoms with van der Waals surface area (Å²) in [5.41, 5.74) is 1.07. The van der Waals surface area contributed by atoms with E-state index in [0.29, 0.717) is 33.3 Å². The van der Waals surface area contributed by atoms with E-state index in [4.69, 9.17) is 4.42 Å². The van der Waals surface area contributed by atoms with Crippen molar-refractivity contribution in [1.29, 1.82) is 0 Å². The van der Waals surface area contributed by atoms with Crippen molar-refractivity contribution in [2.24, 2.45) is 0 Å². The highest BCUT2D eigenvalue weighted by Gasteiger charge is 2.14. The van der Waals surface area contributed by atoms with Crippen molar-refractivity contribution < 1.29 is 8.81 Å². The lowest BCUT2D eigenvalue weighted by Gasteiger charge is -2.09. The van der Waals surface area contributed by atoms with Crippen LogP contribution in [0.3, 0.4) is 0 Å². The van der Waals surface area contributed by atoms with Gasteiger partial charge < -0.3 is 9.73 Å². The standard InChI is InChI=1S/C16H11BrFN5O/c1-9-7-14(20-12-5-4-10(17)8-11(12)18)23-16(19-9)21-15(22-23)13-3-2-6-24-13/h2-8,20H,1H3. The number of furan rings is 1. The minimum absolute atomic E-state index is 0.333. The highest BCUT2D eigenvalue weighted by atomic mass is 79.9. The molecule has 0 aliphatic rings. The maximum absolute atomic E-state index is 14.1. The molecule has 3 heterocycles. The zero-order valence-corrected chi connectivity index (χ0v) is 14.1. The van der Waals surface area contributed by atoms with E-state index in [9.17, 15) is 4.39 Å². The summed E-state index contributed by atoms with van der Waals surface area (Å²) in [5.74, 6) is 1.54. The minimum atomic E-state index is -0.377. The lowest BCUT2D eigenvalue weighted by molar-refractivity contribution is 0.577. The van der Waals surface area contributed by atoms with Gasteiger partial charge in [-0.05, 0) is 37.3 Å². The first kappa shape index (κ1) is 14.8. The van der Waals surface area contributed by atoms with Gasteiger partial charge in [-0.2, -0.15) is 9.50 Å². The average molecular weight is 388 g/mol. The molecule has 0 atom stereocenters. The molecule has 1 aromatic carbocycles. The van der Waals surface area contributed by atoms with Crippen LogP contribution in [0.4, 0.5) is 15.9 Å². The van der Waals surface area contributed by atoms with Gasteiger partial charge in [-0.25, -0.2) is 9.37 Å². The Morgan fingerprint density at radius 1 is 1.21 bits per heavy atom. The predicted octanol–water partition coefficient (Wildman–Crippen LogP) is 4.34. The molecule has 0 spiro atoms. The molecule has 0 saturated heterocycles. The summed E-state index contributed by atoms with van der Waals surface area (Å²) in [5, 5.41) is 7.43. The second-order valence-corrected chi connectivity index (χ2v) is 6.07. The van der Waals surface area contributed by atoms with E-state index in [1.807, 2.05) is 6.92 Å². The van der Waals surface area contributed by atoms with Gasteiger partial charge in [-0.15, -0.1) is 5.10 Å². The maximum atomic E-state index is 14.1. The maximum Gasteiger partial charge on any atom is 0.255 e. The topological polar surface area (TPSA) is 68.2 Å². The third-order valence-electron chi connectivity index (χ3n) is 3.38. The van der Waals surface area contributed by atoms with Crippen molar-refractivity contribution in [3.63, 3.8) is 0 Å². The van der Waals surface area contributed by atoms with Gasteiger partial charge in [0.25, 0.3) is 5.78 Å². The van der Waals surface area contributed by atoms with E-state index in [2.05, 4.69) is 36.3 Å². The van der Waals surface area contributed by atoms with Gasteiger partial charge in [0, 0.05) is 16.2 Å². The average Bonchev–Trinajstić information content (AvgIpc) is 3.18. The van der Waals surface area contributed by atoms with Crippen LogP contribution in [0.25, 0.3) is 17.4 Å². The Labute approximate surface area is 144 Å². The summed E-state index contributed by atoms with van der Waals surface area (Å²) in [7, 11) is 0. The second-order valence-electron chi connectivity index (χ2n) is 5.16. The first-order chi connectivity index (χ1) is 11.6. The lowest BCUT2D eigenvalue weighted by atomic mass is 10.3. The van der Waals surface area contributed by atoms with Crippen LogP contribution in [-0.2, 0) is 0 Å². The summed E-state index contributed by atoms with van der Waals surface area (Å²) in [6, 6.07) is 10.1. The number of nitrogens with zero attached hydrogens (tertiary/aromatic N) is 4. The molecule has 3 aromatic heterocycles. The number of benzene rings is 1. The number of nitrogens with one attached hydrogen (secondary N) is 1. The SMILES string of the molecule is Cc1cc(Nc2ccc(Br)cc2F)n2nc(-c3ccco3)nc2n1. The summed E-state index contributed by atoms with van der Waals surface area (Å²) < 4.78 is 21.6. The van der Waals surface area contributed by atoms with Crippen molar-refractivity contribution in [2.45, 2.75) is 6.92 Å². The van der Waals surface area contributed by atoms with Gasteiger partial charge in [0.15, 0.2) is 5.76 Å². The monoisotopic (exact) mass is 387 g/mol. The highest BCUT2D eigenvalue weighted by Crippen LogP contribution is 2.25. The van der Waals surface area contributed by atoms with Gasteiger partial charge in [-0.3, -0.25) is 0 Å². The molecule has 0 fully saturated rings. The fourth-order valence-corrected chi connectivity index (χ4v) is 2.65. The highest BCUT2D eigenvalue weighted by molar-refractivity contribution is 9.10. The van der Waals surface area contributed by atoms with Gasteiger partial charge in [0.2, 0.25) is 5.82 Å². The second kappa shape index (κ2) is 5.72. The van der Waals surface area contributed by atoms with E-state index in [-0.39, 0.29) is 5.82 Å². The number of anilines is 2. The molecule has 0 unspecified atom stereocenters. The Bertz CT molecular complexity index is 1030. The van der Waals surface area contributed by atoms with Crippen LogP contribution in [0, 0.1) is 12.7 Å². The molecule has 4 rings (SSSR count). The Kier molecular flexibility index (Phi) is 3.53. The largest absolute Gasteiger partial charge is 0.461 e.